The molecule has 0 aromatic carbocycles. The van der Waals surface area contributed by atoms with Crippen LogP contribution in [0.2, 0.25) is 0 Å². The molecule has 0 radical (unpaired) electrons. The highest BCUT2D eigenvalue weighted by atomic mass is 32.2. The van der Waals surface area contributed by atoms with E-state index in [1.807, 2.05) is 0 Å². The largest absolute Gasteiger partial charge is 0.311 e. The molecule has 76 valence electrons. The van der Waals surface area contributed by atoms with Gasteiger partial charge in [-0.3, -0.25) is 0 Å². The summed E-state index contributed by atoms with van der Waals surface area (Å²) in [5.74, 6) is 0.778. The summed E-state index contributed by atoms with van der Waals surface area (Å²) in [5, 5.41) is 3.51. The molecule has 0 atom stereocenters. The van der Waals surface area contributed by atoms with Crippen molar-refractivity contribution < 1.29 is 8.42 Å². The Morgan fingerprint density at radius 1 is 1.00 bits per heavy atom. The van der Waals surface area contributed by atoms with Gasteiger partial charge in [0.05, 0.1) is 11.5 Å². The Labute approximate surface area is 79.8 Å². The molecule has 2 aliphatic heterocycles. The van der Waals surface area contributed by atoms with E-state index in [1.54, 1.807) is 0 Å². The van der Waals surface area contributed by atoms with Crippen molar-refractivity contribution in [2.24, 2.45) is 0 Å². The lowest BCUT2D eigenvalue weighted by atomic mass is 9.84. The van der Waals surface area contributed by atoms with Crippen molar-refractivity contribution in [2.75, 3.05) is 18.1 Å². The number of nitrogens with one attached hydrogen (secondary N) is 1. The first kappa shape index (κ1) is 9.46. The molecule has 2 fully saturated rings. The number of sulfone groups is 1. The third-order valence-corrected chi connectivity index (χ3v) is 5.02. The quantitative estimate of drug-likeness (QED) is 0.630. The van der Waals surface area contributed by atoms with Crippen LogP contribution in [0.4, 0.5) is 0 Å². The number of hydrogen-bond acceptors (Lipinski definition) is 3. The van der Waals surface area contributed by atoms with Gasteiger partial charge in [0.15, 0.2) is 0 Å². The SMILES string of the molecule is O=S1(=O)CCC2(CCCCN2)CC1. The number of rotatable bonds is 0. The molecule has 2 rings (SSSR count). The predicted molar refractivity (Wildman–Crippen MR) is 52.5 cm³/mol. The molecule has 0 aromatic rings. The first-order valence-corrected chi connectivity index (χ1v) is 6.90. The van der Waals surface area contributed by atoms with Crippen LogP contribution in [0.25, 0.3) is 0 Å². The van der Waals surface area contributed by atoms with Crippen LogP contribution in [-0.2, 0) is 9.84 Å². The van der Waals surface area contributed by atoms with Gasteiger partial charge in [0.2, 0.25) is 0 Å². The van der Waals surface area contributed by atoms with Gasteiger partial charge in [0, 0.05) is 5.54 Å². The van der Waals surface area contributed by atoms with Crippen LogP contribution in [0, 0.1) is 0 Å². The first-order chi connectivity index (χ1) is 6.12. The van der Waals surface area contributed by atoms with Crippen LogP contribution in [-0.4, -0.2) is 32.0 Å². The predicted octanol–water partition coefficient (Wildman–Crippen LogP) is 0.707. The van der Waals surface area contributed by atoms with Crippen LogP contribution in [0.15, 0.2) is 0 Å². The third kappa shape index (κ3) is 2.05. The fraction of sp³-hybridized carbons (Fsp3) is 1.00. The highest BCUT2D eigenvalue weighted by Crippen LogP contribution is 2.31. The Kier molecular flexibility index (Phi) is 2.36. The molecular weight excluding hydrogens is 186 g/mol. The molecule has 0 saturated carbocycles. The average molecular weight is 203 g/mol. The smallest absolute Gasteiger partial charge is 0.150 e. The maximum Gasteiger partial charge on any atom is 0.150 e. The minimum absolute atomic E-state index is 0.184. The van der Waals surface area contributed by atoms with Crippen molar-refractivity contribution >= 4 is 9.84 Å². The Morgan fingerprint density at radius 3 is 2.23 bits per heavy atom. The van der Waals surface area contributed by atoms with Crippen LogP contribution >= 0.6 is 0 Å². The zero-order valence-corrected chi connectivity index (χ0v) is 8.70. The molecule has 0 unspecified atom stereocenters. The fourth-order valence-electron chi connectivity index (χ4n) is 2.39. The Balaban J connectivity index is 2.03. The van der Waals surface area contributed by atoms with Crippen molar-refractivity contribution in [2.45, 2.75) is 37.6 Å². The van der Waals surface area contributed by atoms with E-state index in [4.69, 9.17) is 0 Å². The van der Waals surface area contributed by atoms with Gasteiger partial charge in [-0.2, -0.15) is 0 Å². The van der Waals surface area contributed by atoms with Gasteiger partial charge < -0.3 is 5.32 Å². The standard InChI is InChI=1S/C9H17NO2S/c11-13(12)7-4-9(5-8-13)3-1-2-6-10-9/h10H,1-8H2. The summed E-state index contributed by atoms with van der Waals surface area (Å²) in [6.07, 6.45) is 5.33. The second-order valence-corrected chi connectivity index (χ2v) is 6.62. The van der Waals surface area contributed by atoms with E-state index >= 15 is 0 Å². The van der Waals surface area contributed by atoms with Gasteiger partial charge in [-0.1, -0.05) is 6.42 Å². The molecule has 13 heavy (non-hydrogen) atoms. The van der Waals surface area contributed by atoms with Gasteiger partial charge in [-0.25, -0.2) is 8.42 Å². The average Bonchev–Trinajstić information content (AvgIpc) is 2.13. The summed E-state index contributed by atoms with van der Waals surface area (Å²) >= 11 is 0. The summed E-state index contributed by atoms with van der Waals surface area (Å²) in [5.41, 5.74) is 0.184. The second-order valence-electron chi connectivity index (χ2n) is 4.32. The molecule has 0 amide bonds. The minimum Gasteiger partial charge on any atom is -0.311 e. The minimum atomic E-state index is -2.70. The van der Waals surface area contributed by atoms with Gasteiger partial charge in [-0.05, 0) is 32.2 Å². The van der Waals surface area contributed by atoms with E-state index < -0.39 is 9.84 Å². The van der Waals surface area contributed by atoms with Gasteiger partial charge in [0.1, 0.15) is 9.84 Å². The highest BCUT2D eigenvalue weighted by Gasteiger charge is 2.37. The van der Waals surface area contributed by atoms with Crippen molar-refractivity contribution in [3.8, 4) is 0 Å². The maximum atomic E-state index is 11.2. The van der Waals surface area contributed by atoms with Crippen molar-refractivity contribution in [1.82, 2.24) is 5.32 Å². The molecule has 4 heteroatoms. The summed E-state index contributed by atoms with van der Waals surface area (Å²) in [6.45, 7) is 1.07. The molecule has 1 spiro atoms. The topological polar surface area (TPSA) is 46.2 Å². The lowest BCUT2D eigenvalue weighted by molar-refractivity contribution is 0.232. The Bertz CT molecular complexity index is 262. The first-order valence-electron chi connectivity index (χ1n) is 5.07. The zero-order valence-electron chi connectivity index (χ0n) is 7.88. The maximum absolute atomic E-state index is 11.2. The van der Waals surface area contributed by atoms with Crippen LogP contribution in [0.1, 0.15) is 32.1 Å². The second kappa shape index (κ2) is 3.24. The summed E-state index contributed by atoms with van der Waals surface area (Å²) in [6, 6.07) is 0. The Morgan fingerprint density at radius 2 is 1.69 bits per heavy atom. The Hall–Kier alpha value is -0.0900. The normalized spacial score (nSPS) is 31.7. The zero-order chi connectivity index (χ0) is 9.36. The van der Waals surface area contributed by atoms with E-state index in [9.17, 15) is 8.42 Å². The summed E-state index contributed by atoms with van der Waals surface area (Å²) < 4.78 is 22.5. The molecule has 0 bridgehead atoms. The lowest BCUT2D eigenvalue weighted by Crippen LogP contribution is -2.53. The van der Waals surface area contributed by atoms with E-state index in [1.165, 1.54) is 19.3 Å². The molecule has 2 heterocycles. The third-order valence-electron chi connectivity index (χ3n) is 3.37. The molecule has 1 N–H and O–H groups in total. The summed E-state index contributed by atoms with van der Waals surface area (Å²) in [4.78, 5) is 0. The molecule has 2 saturated heterocycles. The molecular formula is C9H17NO2S. The van der Waals surface area contributed by atoms with Crippen molar-refractivity contribution in [3.63, 3.8) is 0 Å². The van der Waals surface area contributed by atoms with Gasteiger partial charge in [-0.15, -0.1) is 0 Å². The number of piperidine rings is 1. The number of hydrogen-bond donors (Lipinski definition) is 1. The monoisotopic (exact) mass is 203 g/mol. The molecule has 2 aliphatic rings. The van der Waals surface area contributed by atoms with Crippen LogP contribution < -0.4 is 5.32 Å². The molecule has 0 aliphatic carbocycles. The van der Waals surface area contributed by atoms with E-state index in [-0.39, 0.29) is 5.54 Å². The van der Waals surface area contributed by atoms with Crippen LogP contribution in [0.3, 0.4) is 0 Å². The fourth-order valence-corrected chi connectivity index (χ4v) is 3.99. The summed E-state index contributed by atoms with van der Waals surface area (Å²) in [7, 11) is -2.70. The highest BCUT2D eigenvalue weighted by molar-refractivity contribution is 7.91. The molecule has 0 aromatic heterocycles. The van der Waals surface area contributed by atoms with Gasteiger partial charge in [0.25, 0.3) is 0 Å². The van der Waals surface area contributed by atoms with Crippen molar-refractivity contribution in [3.05, 3.63) is 0 Å². The van der Waals surface area contributed by atoms with Gasteiger partial charge >= 0.3 is 0 Å². The van der Waals surface area contributed by atoms with E-state index in [0.29, 0.717) is 11.5 Å². The van der Waals surface area contributed by atoms with Crippen LogP contribution in [0.5, 0.6) is 0 Å². The lowest BCUT2D eigenvalue weighted by Gasteiger charge is -2.41. The molecule has 3 nitrogen and oxygen atoms in total. The van der Waals surface area contributed by atoms with Crippen molar-refractivity contribution in [1.29, 1.82) is 0 Å². The van der Waals surface area contributed by atoms with E-state index in [0.717, 1.165) is 19.4 Å². The van der Waals surface area contributed by atoms with E-state index in [2.05, 4.69) is 5.32 Å².